The summed E-state index contributed by atoms with van der Waals surface area (Å²) in [6, 6.07) is 0.807. The molecule has 0 aromatic heterocycles. The minimum atomic E-state index is -0.513. The van der Waals surface area contributed by atoms with Crippen molar-refractivity contribution in [3.63, 3.8) is 0 Å². The van der Waals surface area contributed by atoms with Crippen LogP contribution in [0.3, 0.4) is 0 Å². The van der Waals surface area contributed by atoms with Crippen molar-refractivity contribution in [3.05, 3.63) is 266 Å². The molecule has 111 heavy (non-hydrogen) atoms. The Morgan fingerprint density at radius 1 is 0.360 bits per heavy atom. The second kappa shape index (κ2) is 32.4. The number of aliphatic hydroxyl groups excluding tert-OH is 1. The standard InChI is InChI=1S/C21H24N2O.C20H24ClNO.C19H21NO2.C18H21BrO2.C18H22O3/c1-22-14-13-21(18(24)23-17-5-6-17)15-20(16-21)11-9-19(10-12-20)7-3-2-4-8-19;21-13-12-20(17(23)22-16-4-5-16)14-19(15-20)10-8-18(9-11-19)6-2-1-3-7-18;1-20-13-12-19(16(21)22-2)14-18(15-19)10-8-17(9-11-18)6-4-3-5-7-17;2*1-21-15(20)18(11-12-19)13-17(14-18)9-7-16(8-10-17)5-3-2-4-6-16/h3-4,7-12,17H,2,5-6,13-16H2,(H,23,24);2-3,6-11,16H,1,4-5,12-15H2,(H,22,23);4-11H,3,12-15H2,2H3;3-10H,2,11-14H2,1H3;3-10,19H,2,11-14H2,1H3. The maximum Gasteiger partial charge on any atom is 0.312 e. The zero-order valence-corrected chi connectivity index (χ0v) is 67.5. The molecular weight excluding hydrogens is 1470 g/mol. The van der Waals surface area contributed by atoms with E-state index in [1.807, 2.05) is 0 Å². The Labute approximate surface area is 672 Å². The molecule has 7 saturated carbocycles. The molecule has 0 atom stereocenters. The van der Waals surface area contributed by atoms with E-state index >= 15 is 0 Å². The fourth-order valence-corrected chi connectivity index (χ4v) is 21.6. The molecule has 2 amide bonds. The summed E-state index contributed by atoms with van der Waals surface area (Å²) in [5.41, 5.74) is -2.19. The molecule has 10 spiro atoms. The van der Waals surface area contributed by atoms with E-state index in [0.717, 1.165) is 140 Å². The highest BCUT2D eigenvalue weighted by atomic mass is 79.9. The fourth-order valence-electron chi connectivity index (χ4n) is 20.5. The second-order valence-electron chi connectivity index (χ2n) is 35.5. The van der Waals surface area contributed by atoms with Gasteiger partial charge in [-0.3, -0.25) is 24.0 Å². The number of carbonyl (C=O) groups is 5. The monoisotopic (exact) mass is 1580 g/mol. The number of ether oxygens (including phenoxy) is 3. The molecule has 0 heterocycles. The van der Waals surface area contributed by atoms with E-state index in [2.05, 4.69) is 279 Å². The lowest BCUT2D eigenvalue weighted by Gasteiger charge is -2.54. The van der Waals surface area contributed by atoms with Crippen molar-refractivity contribution in [1.82, 2.24) is 10.6 Å². The number of methoxy groups -OCH3 is 3. The number of nitrogens with zero attached hydrogens (tertiary/aromatic N) is 2. The number of rotatable bonds is 17. The zero-order chi connectivity index (χ0) is 78.3. The Morgan fingerprint density at radius 3 is 0.802 bits per heavy atom. The molecule has 0 aromatic carbocycles. The van der Waals surface area contributed by atoms with Gasteiger partial charge in [-0.05, 0) is 141 Å². The lowest BCUT2D eigenvalue weighted by atomic mass is 9.49. The summed E-state index contributed by atoms with van der Waals surface area (Å²) in [6.07, 6.45) is 111. The molecule has 0 bridgehead atoms. The normalized spacial score (nSPS) is 29.0. The predicted octanol–water partition coefficient (Wildman–Crippen LogP) is 19.4. The average Bonchev–Trinajstić information content (AvgIpc) is 1.51. The molecule has 13 nitrogen and oxygen atoms in total. The smallest absolute Gasteiger partial charge is 0.312 e. The number of allylic oxidation sites excluding steroid dienone is 40. The predicted molar refractivity (Wildman–Crippen MR) is 445 cm³/mol. The van der Waals surface area contributed by atoms with E-state index in [1.165, 1.54) is 21.3 Å². The quantitative estimate of drug-likeness (QED) is 0.0422. The topological polar surface area (TPSA) is 166 Å². The van der Waals surface area contributed by atoms with Crippen molar-refractivity contribution in [3.8, 4) is 0 Å². The molecule has 0 aromatic rings. The summed E-state index contributed by atoms with van der Waals surface area (Å²) in [6.45, 7) is 14.9. The Bertz CT molecular complexity index is 4050. The summed E-state index contributed by atoms with van der Waals surface area (Å²) in [5.74, 6) is 0.539. The number of amides is 2. The lowest BCUT2D eigenvalue weighted by molar-refractivity contribution is -0.166. The van der Waals surface area contributed by atoms with Crippen LogP contribution in [-0.2, 0) is 38.2 Å². The van der Waals surface area contributed by atoms with Crippen LogP contribution in [0.4, 0.5) is 0 Å². The van der Waals surface area contributed by atoms with Gasteiger partial charge in [0.15, 0.2) is 0 Å². The average molecular weight is 1580 g/mol. The van der Waals surface area contributed by atoms with E-state index in [4.69, 9.17) is 39.0 Å². The molecule has 3 N–H and O–H groups in total. The van der Waals surface area contributed by atoms with Gasteiger partial charge in [0.25, 0.3) is 0 Å². The maximum atomic E-state index is 12.7. The number of halogens is 2. The van der Waals surface area contributed by atoms with E-state index < -0.39 is 10.8 Å². The van der Waals surface area contributed by atoms with E-state index in [0.29, 0.717) is 50.3 Å². The van der Waals surface area contributed by atoms with Gasteiger partial charge in [0.1, 0.15) is 0 Å². The number of nitrogens with one attached hydrogen (secondary N) is 2. The molecule has 0 aliphatic heterocycles. The summed E-state index contributed by atoms with van der Waals surface area (Å²) in [4.78, 5) is 68.6. The number of hydrogen-bond acceptors (Lipinski definition) is 9. The lowest BCUT2D eigenvalue weighted by Crippen LogP contribution is -2.55. The first kappa shape index (κ1) is 80.9. The van der Waals surface area contributed by atoms with Gasteiger partial charge in [-0.2, -0.15) is 0 Å². The van der Waals surface area contributed by atoms with Gasteiger partial charge in [-0.25, -0.2) is 13.1 Å². The Balaban J connectivity index is 0.000000122. The second-order valence-corrected chi connectivity index (χ2v) is 36.6. The molecule has 7 fully saturated rings. The fraction of sp³-hybridized carbons (Fsp3) is 0.510. The van der Waals surface area contributed by atoms with Gasteiger partial charge < -0.3 is 39.6 Å². The Morgan fingerprint density at radius 2 is 0.586 bits per heavy atom. The van der Waals surface area contributed by atoms with Crippen LogP contribution in [0.15, 0.2) is 243 Å². The highest BCUT2D eigenvalue weighted by Gasteiger charge is 2.63. The third kappa shape index (κ3) is 17.1. The van der Waals surface area contributed by atoms with Gasteiger partial charge in [0, 0.05) is 96.9 Å². The number of carbonyl (C=O) groups excluding carboxylic acids is 5. The van der Waals surface area contributed by atoms with Crippen LogP contribution >= 0.6 is 27.5 Å². The van der Waals surface area contributed by atoms with Crippen LogP contribution < -0.4 is 10.6 Å². The molecule has 584 valence electrons. The van der Waals surface area contributed by atoms with Gasteiger partial charge in [-0.1, -0.05) is 259 Å². The van der Waals surface area contributed by atoms with Crippen molar-refractivity contribution < 1.29 is 43.3 Å². The van der Waals surface area contributed by atoms with E-state index in [9.17, 15) is 29.1 Å². The first-order chi connectivity index (χ1) is 53.4. The third-order valence-electron chi connectivity index (χ3n) is 26.9. The van der Waals surface area contributed by atoms with Gasteiger partial charge in [0.05, 0.1) is 48.4 Å². The van der Waals surface area contributed by atoms with Crippen LogP contribution in [0.2, 0.25) is 0 Å². The van der Waals surface area contributed by atoms with Crippen molar-refractivity contribution in [2.45, 2.75) is 166 Å². The van der Waals surface area contributed by atoms with Crippen molar-refractivity contribution in [1.29, 1.82) is 0 Å². The minimum Gasteiger partial charge on any atom is -0.469 e. The summed E-state index contributed by atoms with van der Waals surface area (Å²) < 4.78 is 14.9. The molecule has 17 aliphatic rings. The van der Waals surface area contributed by atoms with Crippen molar-refractivity contribution >= 4 is 57.3 Å². The summed E-state index contributed by atoms with van der Waals surface area (Å²) >= 11 is 9.47. The zero-order valence-electron chi connectivity index (χ0n) is 65.1. The number of aliphatic hydroxyl groups is 1. The van der Waals surface area contributed by atoms with Gasteiger partial charge >= 0.3 is 17.9 Å². The van der Waals surface area contributed by atoms with Crippen LogP contribution in [0.25, 0.3) is 9.69 Å². The highest BCUT2D eigenvalue weighted by Crippen LogP contribution is 2.66. The van der Waals surface area contributed by atoms with Crippen LogP contribution in [-0.4, -0.2) is 99.1 Å². The number of esters is 3. The number of hydrogen-bond donors (Lipinski definition) is 3. The maximum absolute atomic E-state index is 12.7. The molecular formula is C96H112BrClN4O9. The van der Waals surface area contributed by atoms with Gasteiger partial charge in [-0.15, -0.1) is 11.6 Å². The van der Waals surface area contributed by atoms with E-state index in [-0.39, 0.29) is 107 Å². The molecule has 0 radical (unpaired) electrons. The molecule has 0 unspecified atom stereocenters. The molecule has 17 aliphatic carbocycles. The van der Waals surface area contributed by atoms with E-state index in [1.54, 1.807) is 0 Å². The van der Waals surface area contributed by atoms with Crippen molar-refractivity contribution in [2.24, 2.45) is 81.2 Å². The first-order valence-corrected chi connectivity index (χ1v) is 42.2. The Hall–Kier alpha value is -8.14. The molecule has 15 heteroatoms. The SMILES string of the molecule is COC(=O)C1(CCBr)CC2(C=CC3(C=CCC=C3)C=C2)C1.COC(=O)C1(CCO)CC2(C=CC3(C=CCC=C3)C=C2)C1.O=C(NC1CC1)C1(CCCl)CC2(C=CC3(C=CCC=C3)C=C2)C1.[C-]#[N+]CCC1(C(=O)NC2CC2)CC2(C=CC3(C=CCC=C3)C=C2)C1.[C-]#[N+]CCC1(C(=O)OC)CC2(C=CC3(C=CCC=C3)C=C2)C1. The van der Waals surface area contributed by atoms with Crippen LogP contribution in [0.1, 0.15) is 154 Å². The minimum absolute atomic E-state index is 0.00724. The van der Waals surface area contributed by atoms with Gasteiger partial charge in [0.2, 0.25) is 24.9 Å². The summed E-state index contributed by atoms with van der Waals surface area (Å²) in [5, 5.41) is 16.4. The Kier molecular flexibility index (Phi) is 23.6. The number of alkyl halides is 2. The van der Waals surface area contributed by atoms with Crippen LogP contribution in [0, 0.1) is 94.4 Å². The molecule has 0 saturated heterocycles. The molecule has 17 rings (SSSR count). The highest BCUT2D eigenvalue weighted by molar-refractivity contribution is 9.09. The summed E-state index contributed by atoms with van der Waals surface area (Å²) in [7, 11) is 4.35. The van der Waals surface area contributed by atoms with Crippen LogP contribution in [0.5, 0.6) is 0 Å². The third-order valence-corrected chi connectivity index (χ3v) is 27.5. The first-order valence-electron chi connectivity index (χ1n) is 40.5. The van der Waals surface area contributed by atoms with Crippen molar-refractivity contribution in [2.75, 3.05) is 52.2 Å². The largest absolute Gasteiger partial charge is 0.469 e.